The van der Waals surface area contributed by atoms with Gasteiger partial charge in [0.2, 0.25) is 0 Å². The molecule has 0 amide bonds. The number of nitrogens with zero attached hydrogens (tertiary/aromatic N) is 2. The van der Waals surface area contributed by atoms with Crippen LogP contribution in [-0.2, 0) is 0 Å². The van der Waals surface area contributed by atoms with Gasteiger partial charge >= 0.3 is 0 Å². The Morgan fingerprint density at radius 1 is 0.382 bits per heavy atom. The first-order valence-corrected chi connectivity index (χ1v) is 18.7. The SMILES string of the molecule is c1ccc2cc(C3=NC(c4ccc(-c5cccc6oc7ccccc7c56)c5ccccc45)N=C(c4ccc(-c5ccc6ccccc6c5)cc4)N3)ccc2c1. The molecule has 0 bridgehead atoms. The summed E-state index contributed by atoms with van der Waals surface area (Å²) in [6.07, 6.45) is -0.470. The van der Waals surface area contributed by atoms with Crippen molar-refractivity contribution in [2.45, 2.75) is 6.17 Å². The number of benzene rings is 9. The van der Waals surface area contributed by atoms with E-state index in [-0.39, 0.29) is 0 Å². The molecule has 10 aromatic rings. The first kappa shape index (κ1) is 31.2. The van der Waals surface area contributed by atoms with E-state index in [1.807, 2.05) is 12.1 Å². The zero-order valence-corrected chi connectivity index (χ0v) is 29.8. The molecule has 4 nitrogen and oxygen atoms in total. The van der Waals surface area contributed by atoms with Gasteiger partial charge in [-0.15, -0.1) is 0 Å². The summed E-state index contributed by atoms with van der Waals surface area (Å²) in [7, 11) is 0. The van der Waals surface area contributed by atoms with Gasteiger partial charge in [0, 0.05) is 27.5 Å². The van der Waals surface area contributed by atoms with Crippen LogP contribution in [-0.4, -0.2) is 11.7 Å². The van der Waals surface area contributed by atoms with Gasteiger partial charge < -0.3 is 9.73 Å². The predicted octanol–water partition coefficient (Wildman–Crippen LogP) is 12.9. The predicted molar refractivity (Wildman–Crippen MR) is 229 cm³/mol. The summed E-state index contributed by atoms with van der Waals surface area (Å²) in [5.41, 5.74) is 9.49. The summed E-state index contributed by atoms with van der Waals surface area (Å²) in [4.78, 5) is 10.7. The molecule has 1 N–H and O–H groups in total. The Morgan fingerprint density at radius 3 is 1.71 bits per heavy atom. The number of nitrogens with one attached hydrogen (secondary N) is 1. The molecular weight excluding hydrogens is 671 g/mol. The molecule has 0 radical (unpaired) electrons. The molecule has 0 saturated heterocycles. The lowest BCUT2D eigenvalue weighted by molar-refractivity contribution is 0.669. The minimum atomic E-state index is -0.470. The zero-order valence-electron chi connectivity index (χ0n) is 29.8. The lowest BCUT2D eigenvalue weighted by Crippen LogP contribution is -2.36. The maximum absolute atomic E-state index is 6.29. The Morgan fingerprint density at radius 2 is 0.945 bits per heavy atom. The van der Waals surface area contributed by atoms with E-state index in [9.17, 15) is 0 Å². The van der Waals surface area contributed by atoms with Gasteiger partial charge in [-0.05, 0) is 78.8 Å². The Labute approximate surface area is 317 Å². The van der Waals surface area contributed by atoms with Crippen molar-refractivity contribution < 1.29 is 4.42 Å². The minimum Gasteiger partial charge on any atom is -0.456 e. The normalized spacial score (nSPS) is 14.4. The first-order chi connectivity index (χ1) is 27.2. The van der Waals surface area contributed by atoms with Gasteiger partial charge in [0.1, 0.15) is 22.8 Å². The molecule has 0 saturated carbocycles. The second-order valence-electron chi connectivity index (χ2n) is 14.2. The van der Waals surface area contributed by atoms with Gasteiger partial charge in [0.25, 0.3) is 0 Å². The van der Waals surface area contributed by atoms with Crippen LogP contribution in [0.5, 0.6) is 0 Å². The van der Waals surface area contributed by atoms with Gasteiger partial charge in [0.15, 0.2) is 6.17 Å². The first-order valence-electron chi connectivity index (χ1n) is 18.7. The number of furan rings is 1. The summed E-state index contributed by atoms with van der Waals surface area (Å²) in [6, 6.07) is 66.5. The molecular formula is C51H33N3O. The molecule has 9 aromatic carbocycles. The molecule has 1 aromatic heterocycles. The molecule has 0 aliphatic carbocycles. The van der Waals surface area contributed by atoms with Crippen LogP contribution in [0.4, 0.5) is 0 Å². The molecule has 258 valence electrons. The van der Waals surface area contributed by atoms with E-state index < -0.39 is 6.17 Å². The monoisotopic (exact) mass is 703 g/mol. The van der Waals surface area contributed by atoms with Crippen molar-refractivity contribution in [1.82, 2.24) is 5.32 Å². The minimum absolute atomic E-state index is 0.470. The summed E-state index contributed by atoms with van der Waals surface area (Å²) >= 11 is 0. The Kier molecular flexibility index (Phi) is 7.20. The average molecular weight is 704 g/mol. The number of hydrogen-bond donors (Lipinski definition) is 1. The largest absolute Gasteiger partial charge is 0.456 e. The van der Waals surface area contributed by atoms with Crippen LogP contribution in [0.2, 0.25) is 0 Å². The van der Waals surface area contributed by atoms with Crippen molar-refractivity contribution in [2.24, 2.45) is 9.98 Å². The molecule has 4 heteroatoms. The van der Waals surface area contributed by atoms with Crippen molar-refractivity contribution in [3.63, 3.8) is 0 Å². The van der Waals surface area contributed by atoms with Crippen molar-refractivity contribution in [3.8, 4) is 22.3 Å². The molecule has 55 heavy (non-hydrogen) atoms. The fourth-order valence-electron chi connectivity index (χ4n) is 8.19. The van der Waals surface area contributed by atoms with Crippen LogP contribution in [0, 0.1) is 0 Å². The smallest absolute Gasteiger partial charge is 0.170 e. The van der Waals surface area contributed by atoms with E-state index in [0.29, 0.717) is 0 Å². The molecule has 1 aliphatic rings. The third-order valence-corrected chi connectivity index (χ3v) is 10.9. The summed E-state index contributed by atoms with van der Waals surface area (Å²) in [5, 5.41) is 13.0. The summed E-state index contributed by atoms with van der Waals surface area (Å²) < 4.78 is 6.29. The lowest BCUT2D eigenvalue weighted by atomic mass is 9.91. The summed E-state index contributed by atoms with van der Waals surface area (Å²) in [6.45, 7) is 0. The maximum Gasteiger partial charge on any atom is 0.170 e. The van der Waals surface area contributed by atoms with E-state index in [1.54, 1.807) is 0 Å². The van der Waals surface area contributed by atoms with Gasteiger partial charge in [-0.25, -0.2) is 9.98 Å². The Hall–Kier alpha value is -7.30. The molecule has 11 rings (SSSR count). The number of hydrogen-bond acceptors (Lipinski definition) is 4. The van der Waals surface area contributed by atoms with E-state index in [4.69, 9.17) is 14.4 Å². The van der Waals surface area contributed by atoms with E-state index in [0.717, 1.165) is 77.8 Å². The zero-order chi connectivity index (χ0) is 36.3. The van der Waals surface area contributed by atoms with Crippen LogP contribution < -0.4 is 5.32 Å². The van der Waals surface area contributed by atoms with Crippen LogP contribution in [0.15, 0.2) is 202 Å². The molecule has 1 atom stereocenters. The molecule has 0 fully saturated rings. The van der Waals surface area contributed by atoms with Crippen LogP contribution in [0.25, 0.3) is 76.5 Å². The van der Waals surface area contributed by atoms with Crippen LogP contribution in [0.3, 0.4) is 0 Å². The Bertz CT molecular complexity index is 3190. The van der Waals surface area contributed by atoms with E-state index in [2.05, 4.69) is 181 Å². The van der Waals surface area contributed by atoms with Crippen molar-refractivity contribution in [3.05, 3.63) is 205 Å². The highest BCUT2D eigenvalue weighted by Gasteiger charge is 2.24. The van der Waals surface area contributed by atoms with Crippen molar-refractivity contribution in [2.75, 3.05) is 0 Å². The maximum atomic E-state index is 6.29. The fourth-order valence-corrected chi connectivity index (χ4v) is 8.19. The molecule has 2 heterocycles. The van der Waals surface area contributed by atoms with Crippen LogP contribution in [0.1, 0.15) is 22.9 Å². The topological polar surface area (TPSA) is 49.9 Å². The highest BCUT2D eigenvalue weighted by Crippen LogP contribution is 2.41. The molecule has 0 spiro atoms. The Balaban J connectivity index is 1.05. The quantitative estimate of drug-likeness (QED) is 0.194. The van der Waals surface area contributed by atoms with Crippen molar-refractivity contribution in [1.29, 1.82) is 0 Å². The molecule has 1 unspecified atom stereocenters. The average Bonchev–Trinajstić information content (AvgIpc) is 3.65. The standard InChI is InChI=1S/C51H33N3O/c1-3-12-36-30-38(26-22-32(36)10-1)34-20-24-35(25-21-34)49-52-50(39-27-23-33-11-2-4-13-37(33)31-39)54-51(53-49)44-29-28-42(40-14-5-6-15-41(40)44)43-17-9-19-47-48(43)45-16-7-8-18-46(45)55-47/h1-31,51H,(H,52,53,54). The van der Waals surface area contributed by atoms with E-state index in [1.165, 1.54) is 27.1 Å². The summed E-state index contributed by atoms with van der Waals surface area (Å²) in [5.74, 6) is 1.58. The fraction of sp³-hybridized carbons (Fsp3) is 0.0196. The number of para-hydroxylation sites is 1. The number of fused-ring (bicyclic) bond motifs is 6. The third-order valence-electron chi connectivity index (χ3n) is 10.9. The van der Waals surface area contributed by atoms with Crippen molar-refractivity contribution >= 4 is 65.9 Å². The lowest BCUT2D eigenvalue weighted by Gasteiger charge is -2.24. The molecule has 1 aliphatic heterocycles. The van der Waals surface area contributed by atoms with E-state index >= 15 is 0 Å². The van der Waals surface area contributed by atoms with Gasteiger partial charge in [-0.2, -0.15) is 0 Å². The van der Waals surface area contributed by atoms with Gasteiger partial charge in [0.05, 0.1) is 0 Å². The number of aliphatic imine (C=N–C) groups is 2. The number of amidine groups is 2. The van der Waals surface area contributed by atoms with Gasteiger partial charge in [-0.1, -0.05) is 164 Å². The van der Waals surface area contributed by atoms with Crippen LogP contribution >= 0.6 is 0 Å². The third kappa shape index (κ3) is 5.38. The van der Waals surface area contributed by atoms with Gasteiger partial charge in [-0.3, -0.25) is 0 Å². The highest BCUT2D eigenvalue weighted by molar-refractivity contribution is 6.18. The highest BCUT2D eigenvalue weighted by atomic mass is 16.3. The second-order valence-corrected chi connectivity index (χ2v) is 14.2. The second kappa shape index (κ2) is 12.7. The number of rotatable bonds is 5.